The van der Waals surface area contributed by atoms with E-state index >= 15 is 0 Å². The third kappa shape index (κ3) is 6.86. The van der Waals surface area contributed by atoms with Crippen LogP contribution in [0.1, 0.15) is 127 Å². The zero-order valence-electron chi connectivity index (χ0n) is 27.9. The van der Waals surface area contributed by atoms with E-state index in [4.69, 9.17) is 0 Å². The molecule has 45 heavy (non-hydrogen) atoms. The minimum atomic E-state index is 0.141. The van der Waals surface area contributed by atoms with Gasteiger partial charge in [0.1, 0.15) is 0 Å². The number of thiophene rings is 1. The van der Waals surface area contributed by atoms with Crippen molar-refractivity contribution >= 4 is 36.6 Å². The molecule has 0 radical (unpaired) electrons. The van der Waals surface area contributed by atoms with Crippen molar-refractivity contribution in [3.05, 3.63) is 94.9 Å². The molecule has 2 heteroatoms. The first kappa shape index (κ1) is 32.6. The van der Waals surface area contributed by atoms with E-state index in [2.05, 4.69) is 111 Å². The van der Waals surface area contributed by atoms with Crippen LogP contribution >= 0.6 is 11.3 Å². The summed E-state index contributed by atoms with van der Waals surface area (Å²) in [5, 5.41) is 2.94. The van der Waals surface area contributed by atoms with Gasteiger partial charge in [0.2, 0.25) is 0 Å². The molecule has 1 aliphatic carbocycles. The second-order valence-electron chi connectivity index (χ2n) is 13.4. The number of rotatable bonds is 17. The average Bonchev–Trinajstić information content (AvgIpc) is 3.77. The van der Waals surface area contributed by atoms with E-state index < -0.39 is 0 Å². The van der Waals surface area contributed by atoms with Gasteiger partial charge in [0.25, 0.3) is 0 Å². The Morgan fingerprint density at radius 3 is 1.89 bits per heavy atom. The molecule has 2 heterocycles. The molecule has 3 aromatic carbocycles. The van der Waals surface area contributed by atoms with Gasteiger partial charge in [-0.05, 0) is 0 Å². The van der Waals surface area contributed by atoms with E-state index in [1.54, 1.807) is 24.9 Å². The van der Waals surface area contributed by atoms with Crippen LogP contribution < -0.4 is 0 Å². The molecule has 0 fully saturated rings. The van der Waals surface area contributed by atoms with Gasteiger partial charge in [0.05, 0.1) is 0 Å². The first-order valence-electron chi connectivity index (χ1n) is 18.1. The topological polar surface area (TPSA) is 0 Å². The third-order valence-electron chi connectivity index (χ3n) is 10.2. The Kier molecular flexibility index (Phi) is 11.2. The summed E-state index contributed by atoms with van der Waals surface area (Å²) < 4.78 is 3.17. The van der Waals surface area contributed by atoms with Gasteiger partial charge in [-0.1, -0.05) is 0 Å². The summed E-state index contributed by atoms with van der Waals surface area (Å²) in [6.07, 6.45) is 19.7. The molecule has 0 amide bonds. The molecule has 2 aromatic heterocycles. The van der Waals surface area contributed by atoms with E-state index in [-0.39, 0.29) is 5.41 Å². The van der Waals surface area contributed by atoms with Crippen molar-refractivity contribution in [2.24, 2.45) is 0 Å². The van der Waals surface area contributed by atoms with Gasteiger partial charge >= 0.3 is 284 Å². The fraction of sp³-hybridized carbons (Fsp3) is 0.442. The number of aryl methyl sites for hydroxylation is 1. The van der Waals surface area contributed by atoms with Crippen molar-refractivity contribution in [3.8, 4) is 30.4 Å². The molecule has 0 aliphatic heterocycles. The normalized spacial score (nSPS) is 13.4. The second-order valence-corrected chi connectivity index (χ2v) is 16.7. The van der Waals surface area contributed by atoms with Crippen molar-refractivity contribution in [1.29, 1.82) is 0 Å². The van der Waals surface area contributed by atoms with Crippen molar-refractivity contribution in [1.82, 2.24) is 0 Å². The summed E-state index contributed by atoms with van der Waals surface area (Å²) in [4.78, 5) is 3.05. The number of benzene rings is 3. The maximum absolute atomic E-state index is 2.67. The molecule has 5 aromatic rings. The Bertz CT molecular complexity index is 1670. The second kappa shape index (κ2) is 15.5. The molecular formula is C43H52SSe. The first-order chi connectivity index (χ1) is 22.2. The summed E-state index contributed by atoms with van der Waals surface area (Å²) in [7, 11) is 0. The Labute approximate surface area is 283 Å². The van der Waals surface area contributed by atoms with Gasteiger partial charge in [-0.15, -0.1) is 0 Å². The van der Waals surface area contributed by atoms with Crippen molar-refractivity contribution < 1.29 is 0 Å². The molecule has 0 atom stereocenters. The van der Waals surface area contributed by atoms with Gasteiger partial charge in [-0.3, -0.25) is 0 Å². The predicted molar refractivity (Wildman–Crippen MR) is 201 cm³/mol. The van der Waals surface area contributed by atoms with E-state index in [1.807, 2.05) is 0 Å². The van der Waals surface area contributed by atoms with Gasteiger partial charge in [0, 0.05) is 0 Å². The summed E-state index contributed by atoms with van der Waals surface area (Å²) >= 11 is 2.34. The van der Waals surface area contributed by atoms with E-state index in [1.165, 1.54) is 129 Å². The van der Waals surface area contributed by atoms with Crippen LogP contribution in [0.15, 0.2) is 78.9 Å². The molecule has 0 unspecified atom stereocenters. The number of unbranched alkanes of at least 4 members (excludes halogenated alkanes) is 9. The van der Waals surface area contributed by atoms with Crippen LogP contribution in [0.5, 0.6) is 0 Å². The molecule has 0 saturated heterocycles. The standard InChI is InChI=1S/C43H52SSe/c1-4-7-10-13-20-33-26-28-40(44-33)42-37-23-15-14-22-36(37)41(45-42)32-25-27-35-34-21-16-17-24-38(34)43(39(35)31-32,29-18-11-8-5-2)30-19-12-9-6-3/h14-17,21-28,31H,4-13,18-20,29-30H2,1-3H3. The summed E-state index contributed by atoms with van der Waals surface area (Å²) in [6, 6.07) is 31.2. The van der Waals surface area contributed by atoms with Crippen LogP contribution in [0.3, 0.4) is 0 Å². The Morgan fingerprint density at radius 1 is 0.556 bits per heavy atom. The number of fused-ring (bicyclic) bond motifs is 4. The van der Waals surface area contributed by atoms with Crippen LogP contribution in [0.4, 0.5) is 0 Å². The van der Waals surface area contributed by atoms with Gasteiger partial charge in [-0.2, -0.15) is 0 Å². The fourth-order valence-electron chi connectivity index (χ4n) is 7.82. The quantitative estimate of drug-likeness (QED) is 0.0678. The molecule has 0 nitrogen and oxygen atoms in total. The number of hydrogen-bond acceptors (Lipinski definition) is 1. The minimum absolute atomic E-state index is 0.141. The van der Waals surface area contributed by atoms with E-state index in [9.17, 15) is 0 Å². The Morgan fingerprint density at radius 2 is 1.18 bits per heavy atom. The van der Waals surface area contributed by atoms with Crippen LogP contribution in [-0.2, 0) is 11.8 Å². The van der Waals surface area contributed by atoms with E-state index in [0.717, 1.165) is 0 Å². The van der Waals surface area contributed by atoms with Crippen LogP contribution in [-0.4, -0.2) is 14.5 Å². The average molecular weight is 680 g/mol. The molecular weight excluding hydrogens is 628 g/mol. The molecule has 0 N–H and O–H groups in total. The Hall–Kier alpha value is -2.38. The summed E-state index contributed by atoms with van der Waals surface area (Å²) in [5.74, 6) is 0. The van der Waals surface area contributed by atoms with Crippen molar-refractivity contribution in [3.63, 3.8) is 0 Å². The van der Waals surface area contributed by atoms with Crippen LogP contribution in [0.2, 0.25) is 0 Å². The molecule has 1 aliphatic rings. The van der Waals surface area contributed by atoms with Gasteiger partial charge in [-0.25, -0.2) is 0 Å². The SMILES string of the molecule is CCCCCCc1ccc(-c2[se]c(-c3ccc4c(c3)C(CCCCCC)(CCCCCC)c3ccccc3-4)c3ccccc23)s1. The third-order valence-corrected chi connectivity index (χ3v) is 14.4. The molecule has 0 bridgehead atoms. The maximum atomic E-state index is 2.67. The molecule has 0 spiro atoms. The first-order valence-corrected chi connectivity index (χ1v) is 20.6. The predicted octanol–water partition coefficient (Wildman–Crippen LogP) is 13.6. The zero-order valence-corrected chi connectivity index (χ0v) is 30.5. The fourth-order valence-corrected chi connectivity index (χ4v) is 11.8. The summed E-state index contributed by atoms with van der Waals surface area (Å²) in [5.41, 5.74) is 7.81. The van der Waals surface area contributed by atoms with Crippen molar-refractivity contribution in [2.75, 3.05) is 0 Å². The number of hydrogen-bond donors (Lipinski definition) is 0. The summed E-state index contributed by atoms with van der Waals surface area (Å²) in [6.45, 7) is 6.97. The Balaban J connectivity index is 1.40. The van der Waals surface area contributed by atoms with E-state index in [0.29, 0.717) is 14.5 Å². The zero-order chi connectivity index (χ0) is 31.1. The van der Waals surface area contributed by atoms with Crippen LogP contribution in [0.25, 0.3) is 41.2 Å². The molecule has 0 saturated carbocycles. The monoisotopic (exact) mass is 680 g/mol. The molecule has 6 rings (SSSR count). The van der Waals surface area contributed by atoms with Crippen molar-refractivity contribution in [2.45, 2.75) is 122 Å². The van der Waals surface area contributed by atoms with Gasteiger partial charge in [0.15, 0.2) is 0 Å². The molecule has 236 valence electrons. The van der Waals surface area contributed by atoms with Crippen LogP contribution in [0, 0.1) is 0 Å². The van der Waals surface area contributed by atoms with Gasteiger partial charge < -0.3 is 0 Å².